The third kappa shape index (κ3) is 3.55. The van der Waals surface area contributed by atoms with Crippen molar-refractivity contribution in [3.05, 3.63) is 64.4 Å². The molecular formula is C15H14BrFO2. The van der Waals surface area contributed by atoms with E-state index < -0.39 is 5.60 Å². The molecule has 2 aromatic carbocycles. The van der Waals surface area contributed by atoms with Crippen molar-refractivity contribution in [2.45, 2.75) is 12.5 Å². The first-order valence-electron chi connectivity index (χ1n) is 5.85. The molecule has 2 nitrogen and oxygen atoms in total. The summed E-state index contributed by atoms with van der Waals surface area (Å²) in [4.78, 5) is 0. The lowest BCUT2D eigenvalue weighted by atomic mass is 9.97. The predicted molar refractivity (Wildman–Crippen MR) is 75.6 cm³/mol. The minimum atomic E-state index is -1.10. The zero-order chi connectivity index (χ0) is 13.9. The molecule has 0 heterocycles. The average Bonchev–Trinajstić information content (AvgIpc) is 2.41. The second-order valence-electron chi connectivity index (χ2n) is 4.50. The Balaban J connectivity index is 2.07. The smallest absolute Gasteiger partial charge is 0.137 e. The highest BCUT2D eigenvalue weighted by Gasteiger charge is 2.23. The van der Waals surface area contributed by atoms with Gasteiger partial charge in [-0.25, -0.2) is 4.39 Å². The van der Waals surface area contributed by atoms with Crippen molar-refractivity contribution in [2.75, 3.05) is 6.61 Å². The highest BCUT2D eigenvalue weighted by atomic mass is 79.9. The molecule has 2 rings (SSSR count). The molecule has 0 amide bonds. The summed E-state index contributed by atoms with van der Waals surface area (Å²) in [6.07, 6.45) is 0. The minimum Gasteiger partial charge on any atom is -0.490 e. The van der Waals surface area contributed by atoms with Crippen LogP contribution in [0.25, 0.3) is 0 Å². The summed E-state index contributed by atoms with van der Waals surface area (Å²) in [5, 5.41) is 10.4. The first-order chi connectivity index (χ1) is 8.99. The van der Waals surface area contributed by atoms with E-state index in [4.69, 9.17) is 4.74 Å². The van der Waals surface area contributed by atoms with Crippen molar-refractivity contribution < 1.29 is 14.2 Å². The Morgan fingerprint density at radius 1 is 1.21 bits per heavy atom. The molecule has 0 saturated heterocycles. The first kappa shape index (κ1) is 14.0. The molecule has 0 saturated carbocycles. The van der Waals surface area contributed by atoms with E-state index in [9.17, 15) is 9.50 Å². The molecule has 19 heavy (non-hydrogen) atoms. The van der Waals surface area contributed by atoms with E-state index in [-0.39, 0.29) is 12.4 Å². The van der Waals surface area contributed by atoms with Gasteiger partial charge in [0.2, 0.25) is 0 Å². The van der Waals surface area contributed by atoms with E-state index in [0.29, 0.717) is 10.2 Å². The molecule has 4 heteroatoms. The van der Waals surface area contributed by atoms with Gasteiger partial charge in [0.15, 0.2) is 0 Å². The summed E-state index contributed by atoms with van der Waals surface area (Å²) in [5.41, 5.74) is -0.321. The topological polar surface area (TPSA) is 29.5 Å². The second kappa shape index (κ2) is 5.72. The summed E-state index contributed by atoms with van der Waals surface area (Å²) >= 11 is 3.09. The molecule has 0 spiro atoms. The Kier molecular flexibility index (Phi) is 4.22. The SMILES string of the molecule is CC(O)(COc1ccc(F)c(Br)c1)c1ccccc1. The predicted octanol–water partition coefficient (Wildman–Crippen LogP) is 3.87. The van der Waals surface area contributed by atoms with Crippen LogP contribution in [-0.4, -0.2) is 11.7 Å². The Morgan fingerprint density at radius 2 is 1.89 bits per heavy atom. The van der Waals surface area contributed by atoms with E-state index in [1.807, 2.05) is 30.3 Å². The quantitative estimate of drug-likeness (QED) is 0.924. The Morgan fingerprint density at radius 3 is 2.53 bits per heavy atom. The van der Waals surface area contributed by atoms with Gasteiger partial charge in [-0.1, -0.05) is 30.3 Å². The molecule has 1 N–H and O–H groups in total. The van der Waals surface area contributed by atoms with Gasteiger partial charge in [0.25, 0.3) is 0 Å². The van der Waals surface area contributed by atoms with Crippen molar-refractivity contribution >= 4 is 15.9 Å². The van der Waals surface area contributed by atoms with Gasteiger partial charge in [0.05, 0.1) is 4.47 Å². The lowest BCUT2D eigenvalue weighted by molar-refractivity contribution is 0.00756. The van der Waals surface area contributed by atoms with Crippen LogP contribution in [0.4, 0.5) is 4.39 Å². The normalized spacial score (nSPS) is 13.9. The number of benzene rings is 2. The number of halogens is 2. The summed E-state index contributed by atoms with van der Waals surface area (Å²) < 4.78 is 18.9. The van der Waals surface area contributed by atoms with Crippen LogP contribution < -0.4 is 4.74 Å². The fourth-order valence-corrected chi connectivity index (χ4v) is 2.03. The van der Waals surface area contributed by atoms with Crippen LogP contribution in [-0.2, 0) is 5.60 Å². The van der Waals surface area contributed by atoms with E-state index in [1.54, 1.807) is 6.92 Å². The number of ether oxygens (including phenoxy) is 1. The van der Waals surface area contributed by atoms with Gasteiger partial charge in [-0.05, 0) is 46.6 Å². The third-order valence-electron chi connectivity index (χ3n) is 2.81. The number of hydrogen-bond acceptors (Lipinski definition) is 2. The summed E-state index contributed by atoms with van der Waals surface area (Å²) in [6, 6.07) is 13.7. The minimum absolute atomic E-state index is 0.0923. The van der Waals surface area contributed by atoms with Gasteiger partial charge in [-0.15, -0.1) is 0 Å². The van der Waals surface area contributed by atoms with Crippen molar-refractivity contribution in [2.24, 2.45) is 0 Å². The van der Waals surface area contributed by atoms with Crippen LogP contribution in [0.2, 0.25) is 0 Å². The van der Waals surface area contributed by atoms with Crippen LogP contribution in [0.1, 0.15) is 12.5 Å². The summed E-state index contributed by atoms with van der Waals surface area (Å²) in [7, 11) is 0. The summed E-state index contributed by atoms with van der Waals surface area (Å²) in [6.45, 7) is 1.77. The van der Waals surface area contributed by atoms with Crippen molar-refractivity contribution in [3.63, 3.8) is 0 Å². The molecule has 1 unspecified atom stereocenters. The van der Waals surface area contributed by atoms with Crippen LogP contribution in [0.3, 0.4) is 0 Å². The lowest BCUT2D eigenvalue weighted by Gasteiger charge is -2.24. The fourth-order valence-electron chi connectivity index (χ4n) is 1.67. The fraction of sp³-hybridized carbons (Fsp3) is 0.200. The van der Waals surface area contributed by atoms with Crippen molar-refractivity contribution in [1.29, 1.82) is 0 Å². The number of rotatable bonds is 4. The van der Waals surface area contributed by atoms with Gasteiger partial charge >= 0.3 is 0 Å². The van der Waals surface area contributed by atoms with Crippen LogP contribution in [0.15, 0.2) is 53.0 Å². The van der Waals surface area contributed by atoms with Crippen LogP contribution in [0.5, 0.6) is 5.75 Å². The monoisotopic (exact) mass is 324 g/mol. The Bertz CT molecular complexity index is 555. The maximum Gasteiger partial charge on any atom is 0.137 e. The molecule has 1 atom stereocenters. The van der Waals surface area contributed by atoms with E-state index in [1.165, 1.54) is 18.2 Å². The second-order valence-corrected chi connectivity index (χ2v) is 5.36. The molecular weight excluding hydrogens is 311 g/mol. The maximum absolute atomic E-state index is 13.1. The molecule has 0 aliphatic heterocycles. The van der Waals surface area contributed by atoms with Gasteiger partial charge in [0.1, 0.15) is 23.8 Å². The van der Waals surface area contributed by atoms with Gasteiger partial charge < -0.3 is 9.84 Å². The lowest BCUT2D eigenvalue weighted by Crippen LogP contribution is -2.29. The number of hydrogen-bond donors (Lipinski definition) is 1. The zero-order valence-corrected chi connectivity index (χ0v) is 12.0. The molecule has 0 aliphatic rings. The molecule has 100 valence electrons. The largest absolute Gasteiger partial charge is 0.490 e. The molecule has 2 aromatic rings. The molecule has 0 radical (unpaired) electrons. The van der Waals surface area contributed by atoms with Gasteiger partial charge in [-0.2, -0.15) is 0 Å². The van der Waals surface area contributed by atoms with E-state index in [0.717, 1.165) is 5.56 Å². The molecule has 0 bridgehead atoms. The molecule has 0 aromatic heterocycles. The molecule has 0 aliphatic carbocycles. The molecule has 0 fully saturated rings. The van der Waals surface area contributed by atoms with Crippen molar-refractivity contribution in [3.8, 4) is 5.75 Å². The van der Waals surface area contributed by atoms with E-state index in [2.05, 4.69) is 15.9 Å². The zero-order valence-electron chi connectivity index (χ0n) is 10.4. The maximum atomic E-state index is 13.1. The Hall–Kier alpha value is -1.39. The third-order valence-corrected chi connectivity index (χ3v) is 3.41. The van der Waals surface area contributed by atoms with Gasteiger partial charge in [0, 0.05) is 0 Å². The summed E-state index contributed by atoms with van der Waals surface area (Å²) in [5.74, 6) is 0.159. The standard InChI is InChI=1S/C15H14BrFO2/c1-15(18,11-5-3-2-4-6-11)10-19-12-7-8-14(17)13(16)9-12/h2-9,18H,10H2,1H3. The highest BCUT2D eigenvalue weighted by molar-refractivity contribution is 9.10. The van der Waals surface area contributed by atoms with Gasteiger partial charge in [-0.3, -0.25) is 0 Å². The number of aliphatic hydroxyl groups is 1. The van der Waals surface area contributed by atoms with Crippen molar-refractivity contribution in [1.82, 2.24) is 0 Å². The average molecular weight is 325 g/mol. The van der Waals surface area contributed by atoms with E-state index >= 15 is 0 Å². The van der Waals surface area contributed by atoms with Crippen LogP contribution >= 0.6 is 15.9 Å². The highest BCUT2D eigenvalue weighted by Crippen LogP contribution is 2.25. The Labute approximate surface area is 120 Å². The first-order valence-corrected chi connectivity index (χ1v) is 6.64. The van der Waals surface area contributed by atoms with Crippen LogP contribution in [0, 0.1) is 5.82 Å².